The number of hydrogen-bond donors (Lipinski definition) is 4. The van der Waals surface area contributed by atoms with Gasteiger partial charge in [-0.25, -0.2) is 0 Å². The van der Waals surface area contributed by atoms with Gasteiger partial charge in [-0.05, 0) is 38.2 Å². The van der Waals surface area contributed by atoms with Crippen LogP contribution in [0.25, 0.3) is 5.76 Å². The number of Topliss-reactive ketones (excluding diaryl/α,β-unsaturated/α-hetero) is 2. The molecule has 11 heteroatoms. The lowest BCUT2D eigenvalue weighted by Crippen LogP contribution is -2.66. The number of fused-ring (bicyclic) bond motifs is 3. The SMILES string of the molecule is COc1ccc(OCc2ccccc2)c2c1SC1CC3C(N(C)C)C(=O)C(C(N)=O)=C(O)C3(O)C(=O)C1=C2O. The number of carbonyl (C=O) groups excluding carboxylic acids is 3. The average molecular weight is 553 g/mol. The number of primary amides is 1. The van der Waals surface area contributed by atoms with E-state index in [1.54, 1.807) is 26.2 Å². The predicted molar refractivity (Wildman–Crippen MR) is 142 cm³/mol. The van der Waals surface area contributed by atoms with Crippen LogP contribution < -0.4 is 15.2 Å². The Bertz CT molecular complexity index is 1450. The highest BCUT2D eigenvalue weighted by molar-refractivity contribution is 8.00. The Morgan fingerprint density at radius 3 is 2.41 bits per heavy atom. The number of rotatable bonds is 6. The van der Waals surface area contributed by atoms with Gasteiger partial charge in [0.1, 0.15) is 35.2 Å². The standard InChI is InChI=1S/C28H28N2O8S/c1-30(2)21-14-11-17-19(25(33)28(14,36)26(34)20(23(21)32)27(29)35)22(31)18-15(9-10-16(37-3)24(18)39-17)38-12-13-7-5-4-6-8-13/h4-10,14,17,21,31,34,36H,11-12H2,1-3H3,(H2,29,35). The summed E-state index contributed by atoms with van der Waals surface area (Å²) in [5.74, 6) is -4.94. The van der Waals surface area contributed by atoms with E-state index in [9.17, 15) is 29.7 Å². The van der Waals surface area contributed by atoms with Crippen molar-refractivity contribution in [2.45, 2.75) is 34.8 Å². The van der Waals surface area contributed by atoms with Crippen LogP contribution in [-0.4, -0.2) is 75.8 Å². The van der Waals surface area contributed by atoms with Crippen LogP contribution in [-0.2, 0) is 21.0 Å². The lowest BCUT2D eigenvalue weighted by atomic mass is 9.62. The molecule has 0 spiro atoms. The Labute approximate surface area is 228 Å². The Kier molecular flexibility index (Phi) is 6.69. The van der Waals surface area contributed by atoms with Gasteiger partial charge >= 0.3 is 0 Å². The molecule has 4 unspecified atom stereocenters. The molecule has 0 radical (unpaired) electrons. The van der Waals surface area contributed by atoms with E-state index in [1.807, 2.05) is 30.3 Å². The highest BCUT2D eigenvalue weighted by Crippen LogP contribution is 2.56. The second kappa shape index (κ2) is 9.74. The monoisotopic (exact) mass is 552 g/mol. The van der Waals surface area contributed by atoms with E-state index >= 15 is 0 Å². The molecule has 5 rings (SSSR count). The maximum absolute atomic E-state index is 14.0. The molecule has 1 fully saturated rings. The van der Waals surface area contributed by atoms with Crippen molar-refractivity contribution < 1.29 is 39.2 Å². The number of thioether (sulfide) groups is 1. The molecule has 3 aliphatic rings. The molecule has 0 aromatic heterocycles. The summed E-state index contributed by atoms with van der Waals surface area (Å²) >= 11 is 1.24. The van der Waals surface area contributed by atoms with E-state index < -0.39 is 57.4 Å². The van der Waals surface area contributed by atoms with Gasteiger partial charge in [0.2, 0.25) is 5.78 Å². The number of methoxy groups -OCH3 is 1. The molecule has 39 heavy (non-hydrogen) atoms. The first-order valence-corrected chi connectivity index (χ1v) is 13.1. The third-order valence-corrected chi connectivity index (χ3v) is 8.86. The molecule has 4 atom stereocenters. The van der Waals surface area contributed by atoms with Gasteiger partial charge in [0.05, 0.1) is 29.2 Å². The van der Waals surface area contributed by atoms with Crippen LogP contribution in [0.5, 0.6) is 11.5 Å². The van der Waals surface area contributed by atoms with Crippen LogP contribution in [0.2, 0.25) is 0 Å². The average Bonchev–Trinajstić information content (AvgIpc) is 2.89. The molecule has 2 aromatic rings. The van der Waals surface area contributed by atoms with Crippen molar-refractivity contribution in [3.05, 3.63) is 70.5 Å². The second-order valence-electron chi connectivity index (χ2n) is 9.91. The zero-order chi connectivity index (χ0) is 28.2. The van der Waals surface area contributed by atoms with Crippen LogP contribution in [0.15, 0.2) is 64.3 Å². The first kappa shape index (κ1) is 26.8. The van der Waals surface area contributed by atoms with Gasteiger partial charge in [-0.3, -0.25) is 19.3 Å². The molecule has 2 aliphatic carbocycles. The summed E-state index contributed by atoms with van der Waals surface area (Å²) in [4.78, 5) is 41.3. The number of amides is 1. The maximum Gasteiger partial charge on any atom is 0.255 e. The van der Waals surface area contributed by atoms with Crippen LogP contribution in [0.4, 0.5) is 0 Å². The molecule has 204 valence electrons. The Balaban J connectivity index is 1.66. The summed E-state index contributed by atoms with van der Waals surface area (Å²) in [6.45, 7) is 0.189. The minimum Gasteiger partial charge on any atom is -0.508 e. The second-order valence-corrected chi connectivity index (χ2v) is 11.1. The Morgan fingerprint density at radius 1 is 1.13 bits per heavy atom. The van der Waals surface area contributed by atoms with Crippen LogP contribution >= 0.6 is 11.8 Å². The van der Waals surface area contributed by atoms with Crippen molar-refractivity contribution in [3.63, 3.8) is 0 Å². The fraction of sp³-hybridized carbons (Fsp3) is 0.321. The number of ether oxygens (including phenoxy) is 2. The molecule has 1 saturated carbocycles. The third kappa shape index (κ3) is 4.00. The fourth-order valence-corrected chi connectivity index (χ4v) is 7.20. The third-order valence-electron chi connectivity index (χ3n) is 7.51. The molecule has 10 nitrogen and oxygen atoms in total. The number of nitrogens with zero attached hydrogens (tertiary/aromatic N) is 1. The summed E-state index contributed by atoms with van der Waals surface area (Å²) in [5, 5.41) is 33.6. The van der Waals surface area contributed by atoms with Crippen molar-refractivity contribution in [1.82, 2.24) is 4.90 Å². The largest absolute Gasteiger partial charge is 0.508 e. The van der Waals surface area contributed by atoms with E-state index in [0.717, 1.165) is 5.56 Å². The quantitative estimate of drug-likeness (QED) is 0.391. The molecular weight excluding hydrogens is 524 g/mol. The smallest absolute Gasteiger partial charge is 0.255 e. The Hall–Kier alpha value is -3.80. The zero-order valence-corrected chi connectivity index (χ0v) is 22.3. The highest BCUT2D eigenvalue weighted by atomic mass is 32.2. The topological polar surface area (TPSA) is 160 Å². The minimum absolute atomic E-state index is 0.0225. The van der Waals surface area contributed by atoms with Gasteiger partial charge in [0.15, 0.2) is 11.4 Å². The number of hydrogen-bond acceptors (Lipinski definition) is 10. The van der Waals surface area contributed by atoms with Gasteiger partial charge in [0.25, 0.3) is 5.91 Å². The number of aliphatic hydroxyl groups excluding tert-OH is 2. The van der Waals surface area contributed by atoms with Crippen molar-refractivity contribution in [2.24, 2.45) is 11.7 Å². The lowest BCUT2D eigenvalue weighted by Gasteiger charge is -2.50. The molecular formula is C28H28N2O8S. The number of ketones is 2. The summed E-state index contributed by atoms with van der Waals surface area (Å²) in [7, 11) is 4.62. The van der Waals surface area contributed by atoms with E-state index in [4.69, 9.17) is 15.2 Å². The first-order chi connectivity index (χ1) is 18.5. The number of benzene rings is 2. The van der Waals surface area contributed by atoms with E-state index in [1.165, 1.54) is 23.8 Å². The first-order valence-electron chi connectivity index (χ1n) is 12.2. The number of likely N-dealkylation sites (N-methyl/N-ethyl adjacent to an activating group) is 1. The van der Waals surface area contributed by atoms with Gasteiger partial charge in [-0.15, -0.1) is 11.8 Å². The van der Waals surface area contributed by atoms with Gasteiger partial charge in [0, 0.05) is 11.2 Å². The van der Waals surface area contributed by atoms with Crippen molar-refractivity contribution in [3.8, 4) is 11.5 Å². The van der Waals surface area contributed by atoms with Gasteiger partial charge in [-0.1, -0.05) is 30.3 Å². The van der Waals surface area contributed by atoms with Crippen molar-refractivity contribution in [1.29, 1.82) is 0 Å². The summed E-state index contributed by atoms with van der Waals surface area (Å²) in [6, 6.07) is 11.6. The van der Waals surface area contributed by atoms with Crippen LogP contribution in [0.1, 0.15) is 17.5 Å². The maximum atomic E-state index is 14.0. The lowest BCUT2D eigenvalue weighted by molar-refractivity contribution is -0.151. The zero-order valence-electron chi connectivity index (χ0n) is 21.5. The predicted octanol–water partition coefficient (Wildman–Crippen LogP) is 2.15. The minimum atomic E-state index is -2.64. The number of carbonyl (C=O) groups is 3. The normalized spacial score (nSPS) is 26.2. The van der Waals surface area contributed by atoms with Crippen molar-refractivity contribution >= 4 is 35.0 Å². The number of nitrogens with two attached hydrogens (primary N) is 1. The summed E-state index contributed by atoms with van der Waals surface area (Å²) in [5.41, 5.74) is 2.86. The summed E-state index contributed by atoms with van der Waals surface area (Å²) < 4.78 is 11.6. The molecule has 2 aromatic carbocycles. The van der Waals surface area contributed by atoms with E-state index in [0.29, 0.717) is 10.6 Å². The Morgan fingerprint density at radius 2 is 1.79 bits per heavy atom. The molecule has 0 saturated heterocycles. The molecule has 1 heterocycles. The number of aliphatic hydroxyl groups is 3. The van der Waals surface area contributed by atoms with Crippen LogP contribution in [0.3, 0.4) is 0 Å². The molecule has 0 bridgehead atoms. The molecule has 1 aliphatic heterocycles. The fourth-order valence-electron chi connectivity index (χ4n) is 5.70. The van der Waals surface area contributed by atoms with Gasteiger partial charge in [-0.2, -0.15) is 0 Å². The molecule has 5 N–H and O–H groups in total. The highest BCUT2D eigenvalue weighted by Gasteiger charge is 2.64. The van der Waals surface area contributed by atoms with Crippen LogP contribution in [0, 0.1) is 5.92 Å². The molecule has 1 amide bonds. The van der Waals surface area contributed by atoms with E-state index in [-0.39, 0.29) is 29.9 Å². The van der Waals surface area contributed by atoms with Gasteiger partial charge < -0.3 is 30.5 Å². The van der Waals surface area contributed by atoms with Crippen molar-refractivity contribution in [2.75, 3.05) is 21.2 Å². The summed E-state index contributed by atoms with van der Waals surface area (Å²) in [6.07, 6.45) is 0.0225. The van der Waals surface area contributed by atoms with E-state index in [2.05, 4.69) is 0 Å².